The van der Waals surface area contributed by atoms with Crippen LogP contribution in [0.4, 0.5) is 9.59 Å². The molecule has 2 aromatic carbocycles. The molecule has 0 bridgehead atoms. The molecule has 0 spiro atoms. The largest absolute Gasteiger partial charge is 0.511 e. The van der Waals surface area contributed by atoms with Gasteiger partial charge in [0, 0.05) is 11.1 Å². The standard InChI is InChI=1S/C16H12O6/c17-15(18)21-13(11-7-3-1-4-8-11)14(22-16(19)20)12-9-5-2-6-10-12/h1-10H,(H,17,18)(H,19,20)/b14-13+. The molecule has 0 aliphatic carbocycles. The minimum absolute atomic E-state index is 0.193. The Morgan fingerprint density at radius 2 is 0.955 bits per heavy atom. The molecule has 2 rings (SSSR count). The zero-order valence-corrected chi connectivity index (χ0v) is 11.3. The van der Waals surface area contributed by atoms with Gasteiger partial charge in [0.1, 0.15) is 0 Å². The molecule has 2 aromatic rings. The fraction of sp³-hybridized carbons (Fsp3) is 0. The molecule has 0 radical (unpaired) electrons. The predicted molar refractivity (Wildman–Crippen MR) is 77.9 cm³/mol. The van der Waals surface area contributed by atoms with Crippen LogP contribution in [-0.4, -0.2) is 22.5 Å². The predicted octanol–water partition coefficient (Wildman–Crippen LogP) is 3.90. The van der Waals surface area contributed by atoms with Crippen LogP contribution in [0.3, 0.4) is 0 Å². The number of rotatable bonds is 4. The Balaban J connectivity index is 2.64. The van der Waals surface area contributed by atoms with Crippen LogP contribution in [0.15, 0.2) is 60.7 Å². The number of hydrogen-bond donors (Lipinski definition) is 2. The molecule has 0 unspecified atom stereocenters. The van der Waals surface area contributed by atoms with Crippen LogP contribution >= 0.6 is 0 Å². The number of carboxylic acid groups (broad SMARTS) is 2. The summed E-state index contributed by atoms with van der Waals surface area (Å²) < 4.78 is 9.52. The first kappa shape index (κ1) is 15.1. The molecule has 0 aromatic heterocycles. The average molecular weight is 300 g/mol. The van der Waals surface area contributed by atoms with Crippen LogP contribution in [-0.2, 0) is 9.47 Å². The summed E-state index contributed by atoms with van der Waals surface area (Å²) in [5, 5.41) is 17.8. The van der Waals surface area contributed by atoms with Crippen LogP contribution < -0.4 is 0 Å². The van der Waals surface area contributed by atoms with Gasteiger partial charge in [0.05, 0.1) is 0 Å². The van der Waals surface area contributed by atoms with E-state index in [2.05, 4.69) is 0 Å². The molecule has 0 heterocycles. The van der Waals surface area contributed by atoms with Crippen molar-refractivity contribution in [3.8, 4) is 0 Å². The van der Waals surface area contributed by atoms with Gasteiger partial charge in [-0.25, -0.2) is 9.59 Å². The first-order chi connectivity index (χ1) is 10.6. The van der Waals surface area contributed by atoms with Crippen molar-refractivity contribution in [1.82, 2.24) is 0 Å². The van der Waals surface area contributed by atoms with Gasteiger partial charge in [-0.3, -0.25) is 0 Å². The Morgan fingerprint density at radius 1 is 0.636 bits per heavy atom. The number of ether oxygens (including phenoxy) is 2. The zero-order valence-electron chi connectivity index (χ0n) is 11.3. The SMILES string of the molecule is O=C(O)O/C(=C(/OC(=O)O)c1ccccc1)c1ccccc1. The van der Waals surface area contributed by atoms with Gasteiger partial charge in [-0.1, -0.05) is 60.7 Å². The molecular formula is C16H12O6. The third-order valence-electron chi connectivity index (χ3n) is 2.66. The van der Waals surface area contributed by atoms with Crippen LogP contribution in [0.5, 0.6) is 0 Å². The molecule has 6 heteroatoms. The van der Waals surface area contributed by atoms with E-state index in [1.54, 1.807) is 60.7 Å². The van der Waals surface area contributed by atoms with E-state index in [0.717, 1.165) is 0 Å². The zero-order chi connectivity index (χ0) is 15.9. The fourth-order valence-corrected chi connectivity index (χ4v) is 1.83. The number of hydrogen-bond acceptors (Lipinski definition) is 4. The van der Waals surface area contributed by atoms with Crippen molar-refractivity contribution in [2.75, 3.05) is 0 Å². The maximum Gasteiger partial charge on any atom is 0.511 e. The Hall–Kier alpha value is -3.28. The Morgan fingerprint density at radius 3 is 1.23 bits per heavy atom. The molecular weight excluding hydrogens is 288 g/mol. The highest BCUT2D eigenvalue weighted by Crippen LogP contribution is 2.28. The molecule has 2 N–H and O–H groups in total. The molecule has 6 nitrogen and oxygen atoms in total. The van der Waals surface area contributed by atoms with Gasteiger partial charge in [0.25, 0.3) is 0 Å². The molecule has 22 heavy (non-hydrogen) atoms. The summed E-state index contributed by atoms with van der Waals surface area (Å²) >= 11 is 0. The van der Waals surface area contributed by atoms with Crippen LogP contribution in [0.25, 0.3) is 11.5 Å². The van der Waals surface area contributed by atoms with Gasteiger partial charge in [0.2, 0.25) is 0 Å². The Kier molecular flexibility index (Phi) is 4.77. The van der Waals surface area contributed by atoms with E-state index in [4.69, 9.17) is 19.7 Å². The minimum atomic E-state index is -1.57. The van der Waals surface area contributed by atoms with E-state index in [-0.39, 0.29) is 11.5 Å². The second-order valence-electron chi connectivity index (χ2n) is 4.13. The average Bonchev–Trinajstić information content (AvgIpc) is 2.52. The van der Waals surface area contributed by atoms with Gasteiger partial charge in [-0.05, 0) is 0 Å². The monoisotopic (exact) mass is 300 g/mol. The maximum absolute atomic E-state index is 10.9. The van der Waals surface area contributed by atoms with E-state index in [1.807, 2.05) is 0 Å². The highest BCUT2D eigenvalue weighted by molar-refractivity contribution is 5.90. The van der Waals surface area contributed by atoms with Crippen molar-refractivity contribution in [3.63, 3.8) is 0 Å². The molecule has 112 valence electrons. The van der Waals surface area contributed by atoms with Crippen molar-refractivity contribution in [2.24, 2.45) is 0 Å². The summed E-state index contributed by atoms with van der Waals surface area (Å²) in [5.41, 5.74) is 0.759. The van der Waals surface area contributed by atoms with E-state index < -0.39 is 12.3 Å². The third kappa shape index (κ3) is 3.86. The lowest BCUT2D eigenvalue weighted by atomic mass is 10.1. The second kappa shape index (κ2) is 6.94. The molecule has 0 amide bonds. The minimum Gasteiger partial charge on any atom is -0.449 e. The number of carbonyl (C=O) groups is 2. The van der Waals surface area contributed by atoms with E-state index in [9.17, 15) is 9.59 Å². The first-order valence-corrected chi connectivity index (χ1v) is 6.24. The van der Waals surface area contributed by atoms with Crippen molar-refractivity contribution >= 4 is 23.8 Å². The van der Waals surface area contributed by atoms with Gasteiger partial charge in [0.15, 0.2) is 11.5 Å². The van der Waals surface area contributed by atoms with Crippen molar-refractivity contribution < 1.29 is 29.3 Å². The lowest BCUT2D eigenvalue weighted by Gasteiger charge is -2.13. The van der Waals surface area contributed by atoms with Gasteiger partial charge < -0.3 is 19.7 Å². The van der Waals surface area contributed by atoms with Crippen LogP contribution in [0.1, 0.15) is 11.1 Å². The van der Waals surface area contributed by atoms with Gasteiger partial charge >= 0.3 is 12.3 Å². The topological polar surface area (TPSA) is 93.1 Å². The van der Waals surface area contributed by atoms with Crippen molar-refractivity contribution in [2.45, 2.75) is 0 Å². The lowest BCUT2D eigenvalue weighted by Crippen LogP contribution is -2.07. The summed E-state index contributed by atoms with van der Waals surface area (Å²) in [4.78, 5) is 21.9. The van der Waals surface area contributed by atoms with Crippen LogP contribution in [0, 0.1) is 0 Å². The Bertz CT molecular complexity index is 630. The summed E-state index contributed by atoms with van der Waals surface area (Å²) in [6.45, 7) is 0. The fourth-order valence-electron chi connectivity index (χ4n) is 1.83. The highest BCUT2D eigenvalue weighted by Gasteiger charge is 2.20. The molecule has 0 aliphatic rings. The summed E-state index contributed by atoms with van der Waals surface area (Å²) in [7, 11) is 0. The summed E-state index contributed by atoms with van der Waals surface area (Å²) in [5.74, 6) is -0.386. The Labute approximate surface area is 125 Å². The van der Waals surface area contributed by atoms with Crippen molar-refractivity contribution in [1.29, 1.82) is 0 Å². The maximum atomic E-state index is 10.9. The van der Waals surface area contributed by atoms with Gasteiger partial charge in [-0.2, -0.15) is 0 Å². The summed E-state index contributed by atoms with van der Waals surface area (Å²) in [6, 6.07) is 16.5. The van der Waals surface area contributed by atoms with Gasteiger partial charge in [-0.15, -0.1) is 0 Å². The molecule has 0 aliphatic heterocycles. The van der Waals surface area contributed by atoms with E-state index in [0.29, 0.717) is 11.1 Å². The normalized spacial score (nSPS) is 11.3. The lowest BCUT2D eigenvalue weighted by molar-refractivity contribution is 0.125. The quantitative estimate of drug-likeness (QED) is 0.505. The smallest absolute Gasteiger partial charge is 0.449 e. The van der Waals surface area contributed by atoms with E-state index in [1.165, 1.54) is 0 Å². The number of benzene rings is 2. The summed E-state index contributed by atoms with van der Waals surface area (Å²) in [6.07, 6.45) is -3.14. The molecule has 0 saturated heterocycles. The van der Waals surface area contributed by atoms with E-state index >= 15 is 0 Å². The van der Waals surface area contributed by atoms with Crippen LogP contribution in [0.2, 0.25) is 0 Å². The molecule has 0 saturated carbocycles. The highest BCUT2D eigenvalue weighted by atomic mass is 16.7. The molecule has 0 atom stereocenters. The van der Waals surface area contributed by atoms with Crippen molar-refractivity contribution in [3.05, 3.63) is 71.8 Å². The first-order valence-electron chi connectivity index (χ1n) is 6.24. The third-order valence-corrected chi connectivity index (χ3v) is 2.66. The molecule has 0 fully saturated rings. The second-order valence-corrected chi connectivity index (χ2v) is 4.13.